The quantitative estimate of drug-likeness (QED) is 0.521. The van der Waals surface area contributed by atoms with E-state index in [1.165, 1.54) is 12.1 Å². The molecule has 5 nitrogen and oxygen atoms in total. The van der Waals surface area contributed by atoms with Crippen molar-refractivity contribution >= 4 is 11.0 Å². The summed E-state index contributed by atoms with van der Waals surface area (Å²) in [6.45, 7) is 2.25. The number of halogens is 2. The summed E-state index contributed by atoms with van der Waals surface area (Å²) in [7, 11) is 0. The van der Waals surface area contributed by atoms with Crippen molar-refractivity contribution in [2.24, 2.45) is 0 Å². The van der Waals surface area contributed by atoms with E-state index in [0.717, 1.165) is 22.3 Å². The van der Waals surface area contributed by atoms with Crippen LogP contribution in [0, 0.1) is 12.7 Å². The molecule has 2 aromatic carbocycles. The fourth-order valence-electron chi connectivity index (χ4n) is 3.25. The lowest BCUT2D eigenvalue weighted by atomic mass is 10.2. The lowest BCUT2D eigenvalue weighted by molar-refractivity contribution is 0.485. The van der Waals surface area contributed by atoms with Gasteiger partial charge in [-0.25, -0.2) is 13.5 Å². The molecule has 0 saturated carbocycles. The van der Waals surface area contributed by atoms with Crippen LogP contribution in [0.5, 0.6) is 0 Å². The number of alkyl halides is 1. The van der Waals surface area contributed by atoms with Gasteiger partial charge < -0.3 is 10.3 Å². The summed E-state index contributed by atoms with van der Waals surface area (Å²) in [5.74, 6) is -0.275. The third kappa shape index (κ3) is 3.95. The molecule has 2 heterocycles. The van der Waals surface area contributed by atoms with Crippen molar-refractivity contribution in [1.82, 2.24) is 20.1 Å². The first-order valence-corrected chi connectivity index (χ1v) is 9.27. The second-order valence-electron chi connectivity index (χ2n) is 6.91. The van der Waals surface area contributed by atoms with E-state index in [1.807, 2.05) is 13.0 Å². The Balaban J connectivity index is 1.59. The number of aromatic amines is 1. The molecular formula is C22H20F2N4O. The maximum atomic E-state index is 13.0. The van der Waals surface area contributed by atoms with E-state index in [4.69, 9.17) is 0 Å². The minimum absolute atomic E-state index is 0.203. The molecule has 4 rings (SSSR count). The number of hydrogen-bond donors (Lipinski definition) is 2. The highest BCUT2D eigenvalue weighted by Gasteiger charge is 2.13. The third-order valence-electron chi connectivity index (χ3n) is 4.84. The molecule has 2 aromatic heterocycles. The average Bonchev–Trinajstić information content (AvgIpc) is 3.05. The Morgan fingerprint density at radius 3 is 2.41 bits per heavy atom. The SMILES string of the molecule is Cc1nn(-c2ccc(CF)cc2)c2[nH]c(=O)c(CNCc3ccc(F)cc3)cc12. The molecule has 0 saturated heterocycles. The molecule has 0 aliphatic heterocycles. The summed E-state index contributed by atoms with van der Waals surface area (Å²) in [6.07, 6.45) is 0. The van der Waals surface area contributed by atoms with Crippen LogP contribution >= 0.6 is 0 Å². The maximum absolute atomic E-state index is 13.0. The molecule has 0 atom stereocenters. The summed E-state index contributed by atoms with van der Waals surface area (Å²) < 4.78 is 27.4. The molecule has 0 bridgehead atoms. The van der Waals surface area contributed by atoms with Crippen LogP contribution in [0.1, 0.15) is 22.4 Å². The Labute approximate surface area is 166 Å². The van der Waals surface area contributed by atoms with Crippen LogP contribution in [0.2, 0.25) is 0 Å². The smallest absolute Gasteiger partial charge is 0.254 e. The fourth-order valence-corrected chi connectivity index (χ4v) is 3.25. The summed E-state index contributed by atoms with van der Waals surface area (Å²) in [5.41, 5.74) is 4.04. The molecule has 7 heteroatoms. The second-order valence-corrected chi connectivity index (χ2v) is 6.91. The average molecular weight is 394 g/mol. The standard InChI is InChI=1S/C22H20F2N4O/c1-14-20-10-17(13-25-12-16-2-6-18(24)7-3-16)22(29)26-21(20)28(27-14)19-8-4-15(11-23)5-9-19/h2-10,25H,11-13H2,1H3,(H,26,29). The van der Waals surface area contributed by atoms with Gasteiger partial charge in [0.25, 0.3) is 5.56 Å². The number of nitrogens with one attached hydrogen (secondary N) is 2. The zero-order chi connectivity index (χ0) is 20.4. The predicted octanol–water partition coefficient (Wildman–Crippen LogP) is 3.92. The van der Waals surface area contributed by atoms with Gasteiger partial charge in [0, 0.05) is 24.0 Å². The Kier molecular flexibility index (Phi) is 5.22. The predicted molar refractivity (Wildman–Crippen MR) is 108 cm³/mol. The normalized spacial score (nSPS) is 11.3. The van der Waals surface area contributed by atoms with Crippen LogP contribution in [-0.4, -0.2) is 14.8 Å². The van der Waals surface area contributed by atoms with Crippen LogP contribution in [0.4, 0.5) is 8.78 Å². The van der Waals surface area contributed by atoms with Gasteiger partial charge >= 0.3 is 0 Å². The molecule has 148 valence electrons. The Bertz CT molecular complexity index is 1190. The number of aryl methyl sites for hydroxylation is 1. The molecule has 0 radical (unpaired) electrons. The van der Waals surface area contributed by atoms with Crippen LogP contribution in [0.15, 0.2) is 59.4 Å². The van der Waals surface area contributed by atoms with E-state index < -0.39 is 6.67 Å². The summed E-state index contributed by atoms with van der Waals surface area (Å²) >= 11 is 0. The van der Waals surface area contributed by atoms with Gasteiger partial charge in [-0.1, -0.05) is 24.3 Å². The van der Waals surface area contributed by atoms with Crippen molar-refractivity contribution in [2.45, 2.75) is 26.7 Å². The molecular weight excluding hydrogens is 374 g/mol. The van der Waals surface area contributed by atoms with Crippen molar-refractivity contribution in [3.8, 4) is 5.69 Å². The largest absolute Gasteiger partial charge is 0.308 e. The van der Waals surface area contributed by atoms with Gasteiger partial charge in [-0.15, -0.1) is 0 Å². The number of H-pyrrole nitrogens is 1. The van der Waals surface area contributed by atoms with Crippen LogP contribution in [0.25, 0.3) is 16.7 Å². The number of fused-ring (bicyclic) bond motifs is 1. The van der Waals surface area contributed by atoms with Crippen molar-refractivity contribution in [2.75, 3.05) is 0 Å². The van der Waals surface area contributed by atoms with Crippen molar-refractivity contribution < 1.29 is 8.78 Å². The molecule has 0 aliphatic carbocycles. The van der Waals surface area contributed by atoms with E-state index >= 15 is 0 Å². The highest BCUT2D eigenvalue weighted by atomic mass is 19.1. The Hall–Kier alpha value is -3.32. The van der Waals surface area contributed by atoms with Gasteiger partial charge in [0.15, 0.2) is 0 Å². The Morgan fingerprint density at radius 1 is 1.03 bits per heavy atom. The first-order chi connectivity index (χ1) is 14.0. The number of hydrogen-bond acceptors (Lipinski definition) is 3. The summed E-state index contributed by atoms with van der Waals surface area (Å²) in [5, 5.41) is 8.58. The van der Waals surface area contributed by atoms with E-state index in [2.05, 4.69) is 15.4 Å². The number of benzene rings is 2. The summed E-state index contributed by atoms with van der Waals surface area (Å²) in [6, 6.07) is 15.0. The van der Waals surface area contributed by atoms with Crippen molar-refractivity contribution in [1.29, 1.82) is 0 Å². The fraction of sp³-hybridized carbons (Fsp3) is 0.182. The molecule has 0 unspecified atom stereocenters. The number of aromatic nitrogens is 3. The molecule has 4 aromatic rings. The van der Waals surface area contributed by atoms with E-state index in [0.29, 0.717) is 29.9 Å². The van der Waals surface area contributed by atoms with Crippen LogP contribution in [0.3, 0.4) is 0 Å². The maximum Gasteiger partial charge on any atom is 0.254 e. The monoisotopic (exact) mass is 394 g/mol. The minimum Gasteiger partial charge on any atom is -0.308 e. The number of nitrogens with zero attached hydrogens (tertiary/aromatic N) is 2. The van der Waals surface area contributed by atoms with Crippen LogP contribution < -0.4 is 10.9 Å². The minimum atomic E-state index is -0.524. The first-order valence-electron chi connectivity index (χ1n) is 9.27. The first kappa shape index (κ1) is 19.0. The molecule has 29 heavy (non-hydrogen) atoms. The van der Waals surface area contributed by atoms with E-state index in [-0.39, 0.29) is 11.4 Å². The van der Waals surface area contributed by atoms with Gasteiger partial charge in [0.1, 0.15) is 18.1 Å². The molecule has 0 spiro atoms. The molecule has 0 amide bonds. The van der Waals surface area contributed by atoms with Gasteiger partial charge in [-0.2, -0.15) is 5.10 Å². The van der Waals surface area contributed by atoms with Gasteiger partial charge in [-0.3, -0.25) is 4.79 Å². The number of pyridine rings is 1. The van der Waals surface area contributed by atoms with E-state index in [1.54, 1.807) is 41.1 Å². The third-order valence-corrected chi connectivity index (χ3v) is 4.84. The molecule has 2 N–H and O–H groups in total. The Morgan fingerprint density at radius 2 is 1.72 bits per heavy atom. The highest BCUT2D eigenvalue weighted by Crippen LogP contribution is 2.20. The topological polar surface area (TPSA) is 62.7 Å². The second kappa shape index (κ2) is 7.97. The zero-order valence-electron chi connectivity index (χ0n) is 15.9. The van der Waals surface area contributed by atoms with Gasteiger partial charge in [0.05, 0.1) is 11.4 Å². The molecule has 0 aliphatic rings. The highest BCUT2D eigenvalue weighted by molar-refractivity contribution is 5.80. The van der Waals surface area contributed by atoms with E-state index in [9.17, 15) is 13.6 Å². The number of rotatable bonds is 6. The van der Waals surface area contributed by atoms with Crippen molar-refractivity contribution in [3.63, 3.8) is 0 Å². The lowest BCUT2D eigenvalue weighted by Gasteiger charge is -2.07. The lowest BCUT2D eigenvalue weighted by Crippen LogP contribution is -2.21. The summed E-state index contributed by atoms with van der Waals surface area (Å²) in [4.78, 5) is 15.5. The van der Waals surface area contributed by atoms with Gasteiger partial charge in [-0.05, 0) is 48.4 Å². The zero-order valence-corrected chi connectivity index (χ0v) is 15.9. The molecule has 0 fully saturated rings. The van der Waals surface area contributed by atoms with Crippen LogP contribution in [-0.2, 0) is 19.8 Å². The van der Waals surface area contributed by atoms with Gasteiger partial charge in [0.2, 0.25) is 0 Å². The van der Waals surface area contributed by atoms with Crippen molar-refractivity contribution in [3.05, 3.63) is 93.2 Å².